The number of piperidine rings is 1. The number of rotatable bonds is 8. The molecule has 0 unspecified atom stereocenters. The van der Waals surface area contributed by atoms with E-state index in [4.69, 9.17) is 0 Å². The Labute approximate surface area is 179 Å². The molecule has 30 heavy (non-hydrogen) atoms. The minimum atomic E-state index is -3.50. The van der Waals surface area contributed by atoms with Crippen LogP contribution in [-0.2, 0) is 16.6 Å². The predicted octanol–water partition coefficient (Wildman–Crippen LogP) is 3.96. The largest absolute Gasteiger partial charge is 0.322 e. The third-order valence-corrected chi connectivity index (χ3v) is 7.59. The lowest BCUT2D eigenvalue weighted by molar-refractivity contribution is 0.102. The van der Waals surface area contributed by atoms with Crippen molar-refractivity contribution in [1.82, 2.24) is 9.21 Å². The smallest absolute Gasteiger partial charge is 0.255 e. The number of hydrogen-bond donors (Lipinski definition) is 1. The molecule has 1 aliphatic rings. The summed E-state index contributed by atoms with van der Waals surface area (Å²) in [6.45, 7) is 7.67. The summed E-state index contributed by atoms with van der Waals surface area (Å²) in [5.74, 6) is -0.209. The molecule has 1 heterocycles. The monoisotopic (exact) mass is 429 g/mol. The van der Waals surface area contributed by atoms with Crippen molar-refractivity contribution in [2.75, 3.05) is 31.5 Å². The Morgan fingerprint density at radius 2 is 1.53 bits per heavy atom. The van der Waals surface area contributed by atoms with Crippen molar-refractivity contribution in [3.05, 3.63) is 59.7 Å². The van der Waals surface area contributed by atoms with Gasteiger partial charge in [-0.15, -0.1) is 0 Å². The van der Waals surface area contributed by atoms with Gasteiger partial charge in [0, 0.05) is 30.9 Å². The molecule has 1 amide bonds. The molecule has 2 aromatic rings. The summed E-state index contributed by atoms with van der Waals surface area (Å²) in [6, 6.07) is 14.0. The van der Waals surface area contributed by atoms with E-state index >= 15 is 0 Å². The van der Waals surface area contributed by atoms with Crippen LogP contribution in [0.2, 0.25) is 0 Å². The Morgan fingerprint density at radius 1 is 0.933 bits per heavy atom. The van der Waals surface area contributed by atoms with Crippen LogP contribution in [0.15, 0.2) is 53.4 Å². The maximum absolute atomic E-state index is 12.6. The highest BCUT2D eigenvalue weighted by Crippen LogP contribution is 2.19. The van der Waals surface area contributed by atoms with Crippen LogP contribution in [0.3, 0.4) is 0 Å². The van der Waals surface area contributed by atoms with Crippen LogP contribution in [0.1, 0.15) is 49.0 Å². The van der Waals surface area contributed by atoms with Crippen molar-refractivity contribution >= 4 is 21.6 Å². The number of nitrogens with one attached hydrogen (secondary N) is 1. The van der Waals surface area contributed by atoms with Gasteiger partial charge in [0.2, 0.25) is 10.0 Å². The summed E-state index contributed by atoms with van der Waals surface area (Å²) in [5.41, 5.74) is 2.35. The molecule has 1 N–H and O–H groups in total. The van der Waals surface area contributed by atoms with Crippen molar-refractivity contribution in [1.29, 1.82) is 0 Å². The summed E-state index contributed by atoms with van der Waals surface area (Å²) in [7, 11) is -3.50. The number of carbonyl (C=O) groups is 1. The summed E-state index contributed by atoms with van der Waals surface area (Å²) in [5, 5.41) is 2.84. The van der Waals surface area contributed by atoms with E-state index in [1.165, 1.54) is 41.3 Å². The first-order chi connectivity index (χ1) is 14.4. The van der Waals surface area contributed by atoms with Crippen molar-refractivity contribution < 1.29 is 13.2 Å². The summed E-state index contributed by atoms with van der Waals surface area (Å²) in [6.07, 6.45) is 3.84. The Kier molecular flexibility index (Phi) is 7.64. The van der Waals surface area contributed by atoms with E-state index in [0.717, 1.165) is 19.6 Å². The van der Waals surface area contributed by atoms with Crippen LogP contribution in [0.5, 0.6) is 0 Å². The number of amides is 1. The number of benzene rings is 2. The molecular formula is C23H31N3O3S. The highest BCUT2D eigenvalue weighted by atomic mass is 32.2. The lowest BCUT2D eigenvalue weighted by Crippen LogP contribution is -2.30. The zero-order valence-corrected chi connectivity index (χ0v) is 18.6. The molecule has 0 saturated carbocycles. The van der Waals surface area contributed by atoms with Gasteiger partial charge in [0.15, 0.2) is 0 Å². The second-order valence-corrected chi connectivity index (χ2v) is 9.54. The second kappa shape index (κ2) is 10.2. The van der Waals surface area contributed by atoms with Gasteiger partial charge in [0.25, 0.3) is 5.91 Å². The fraction of sp³-hybridized carbons (Fsp3) is 0.435. The van der Waals surface area contributed by atoms with Crippen molar-refractivity contribution in [2.45, 2.75) is 44.6 Å². The van der Waals surface area contributed by atoms with Gasteiger partial charge in [-0.1, -0.05) is 32.4 Å². The van der Waals surface area contributed by atoms with Gasteiger partial charge in [0.05, 0.1) is 4.90 Å². The number of hydrogen-bond acceptors (Lipinski definition) is 4. The minimum Gasteiger partial charge on any atom is -0.322 e. The first kappa shape index (κ1) is 22.5. The van der Waals surface area contributed by atoms with Crippen LogP contribution < -0.4 is 5.32 Å². The predicted molar refractivity (Wildman–Crippen MR) is 120 cm³/mol. The molecule has 7 heteroatoms. The molecule has 1 saturated heterocycles. The van der Waals surface area contributed by atoms with Gasteiger partial charge in [-0.3, -0.25) is 9.69 Å². The number of sulfonamides is 1. The summed E-state index contributed by atoms with van der Waals surface area (Å²) in [4.78, 5) is 15.2. The van der Waals surface area contributed by atoms with Crippen LogP contribution in [-0.4, -0.2) is 49.7 Å². The fourth-order valence-corrected chi connectivity index (χ4v) is 5.22. The molecule has 2 aromatic carbocycles. The molecule has 0 bridgehead atoms. The Hall–Kier alpha value is -2.22. The van der Waals surface area contributed by atoms with E-state index in [1.807, 2.05) is 38.1 Å². The van der Waals surface area contributed by atoms with E-state index in [-0.39, 0.29) is 10.8 Å². The molecule has 0 aliphatic carbocycles. The molecule has 6 nitrogen and oxygen atoms in total. The van der Waals surface area contributed by atoms with E-state index in [9.17, 15) is 13.2 Å². The fourth-order valence-electron chi connectivity index (χ4n) is 3.76. The molecular weight excluding hydrogens is 398 g/mol. The molecule has 0 aromatic heterocycles. The average molecular weight is 430 g/mol. The Balaban J connectivity index is 1.61. The van der Waals surface area contributed by atoms with Gasteiger partial charge < -0.3 is 5.32 Å². The first-order valence-corrected chi connectivity index (χ1v) is 12.1. The van der Waals surface area contributed by atoms with Crippen molar-refractivity contribution in [3.8, 4) is 0 Å². The van der Waals surface area contributed by atoms with Gasteiger partial charge in [0.1, 0.15) is 0 Å². The first-order valence-electron chi connectivity index (χ1n) is 10.7. The Bertz CT molecular complexity index is 931. The van der Waals surface area contributed by atoms with E-state index < -0.39 is 10.0 Å². The zero-order valence-electron chi connectivity index (χ0n) is 17.8. The highest BCUT2D eigenvalue weighted by Gasteiger charge is 2.21. The van der Waals surface area contributed by atoms with E-state index in [1.54, 1.807) is 12.1 Å². The molecule has 3 rings (SSSR count). The van der Waals surface area contributed by atoms with Crippen molar-refractivity contribution in [2.24, 2.45) is 0 Å². The Morgan fingerprint density at radius 3 is 2.10 bits per heavy atom. The summed E-state index contributed by atoms with van der Waals surface area (Å²) >= 11 is 0. The quantitative estimate of drug-likeness (QED) is 0.690. The third kappa shape index (κ3) is 5.47. The highest BCUT2D eigenvalue weighted by molar-refractivity contribution is 7.89. The van der Waals surface area contributed by atoms with E-state index in [0.29, 0.717) is 24.3 Å². The molecule has 0 radical (unpaired) electrons. The van der Waals surface area contributed by atoms with Gasteiger partial charge in [-0.05, 0) is 67.9 Å². The molecule has 1 aliphatic heterocycles. The summed E-state index contributed by atoms with van der Waals surface area (Å²) < 4.78 is 26.5. The number of carbonyl (C=O) groups excluding carboxylic acids is 1. The molecule has 0 atom stereocenters. The lowest BCUT2D eigenvalue weighted by Gasteiger charge is -2.26. The number of anilines is 1. The SMILES string of the molecule is CCN(CC)S(=O)(=O)c1ccc(NC(=O)c2ccc(CN3CCCCC3)cc2)cc1. The topological polar surface area (TPSA) is 69.7 Å². The maximum atomic E-state index is 12.6. The zero-order chi connectivity index (χ0) is 21.6. The van der Waals surface area contributed by atoms with Crippen molar-refractivity contribution in [3.63, 3.8) is 0 Å². The van der Waals surface area contributed by atoms with Gasteiger partial charge in [-0.2, -0.15) is 4.31 Å². The normalized spacial score (nSPS) is 15.3. The number of likely N-dealkylation sites (tertiary alicyclic amines) is 1. The second-order valence-electron chi connectivity index (χ2n) is 7.60. The lowest BCUT2D eigenvalue weighted by atomic mass is 10.1. The van der Waals surface area contributed by atoms with Crippen LogP contribution in [0.25, 0.3) is 0 Å². The van der Waals surface area contributed by atoms with Gasteiger partial charge in [-0.25, -0.2) is 8.42 Å². The maximum Gasteiger partial charge on any atom is 0.255 e. The van der Waals surface area contributed by atoms with Crippen LogP contribution in [0.4, 0.5) is 5.69 Å². The molecule has 162 valence electrons. The molecule has 0 spiro atoms. The molecule has 1 fully saturated rings. The van der Waals surface area contributed by atoms with Crippen LogP contribution >= 0.6 is 0 Å². The average Bonchev–Trinajstić information content (AvgIpc) is 2.76. The number of nitrogens with zero attached hydrogens (tertiary/aromatic N) is 2. The van der Waals surface area contributed by atoms with E-state index in [2.05, 4.69) is 10.2 Å². The standard InChI is InChI=1S/C23H31N3O3S/c1-3-26(4-2)30(28,29)22-14-12-21(13-15-22)24-23(27)20-10-8-19(9-11-20)18-25-16-6-5-7-17-25/h8-15H,3-7,16-18H2,1-2H3,(H,24,27). The van der Waals surface area contributed by atoms with Crippen LogP contribution in [0, 0.1) is 0 Å². The van der Waals surface area contributed by atoms with Gasteiger partial charge >= 0.3 is 0 Å². The minimum absolute atomic E-state index is 0.209. The third-order valence-electron chi connectivity index (χ3n) is 5.53.